The van der Waals surface area contributed by atoms with Crippen LogP contribution in [0.5, 0.6) is 0 Å². The molecule has 2 bridgehead atoms. The maximum atomic E-state index is 12.8. The predicted octanol–water partition coefficient (Wildman–Crippen LogP) is 2.03. The van der Waals surface area contributed by atoms with Gasteiger partial charge in [-0.1, -0.05) is 6.42 Å². The lowest BCUT2D eigenvalue weighted by Crippen LogP contribution is -2.65. The largest absolute Gasteiger partial charge is 0.329 e. The predicted molar refractivity (Wildman–Crippen MR) is 79.5 cm³/mol. The number of hydrogen-bond donors (Lipinski definition) is 0. The Morgan fingerprint density at radius 2 is 1.90 bits per heavy atom. The summed E-state index contributed by atoms with van der Waals surface area (Å²) in [6, 6.07) is -0.396. The van der Waals surface area contributed by atoms with Crippen molar-refractivity contribution in [2.75, 3.05) is 13.1 Å². The Kier molecular flexibility index (Phi) is 3.23. The van der Waals surface area contributed by atoms with Gasteiger partial charge in [-0.05, 0) is 63.2 Å². The average molecular weight is 290 g/mol. The highest BCUT2D eigenvalue weighted by atomic mass is 16.2. The first-order chi connectivity index (χ1) is 10.1. The van der Waals surface area contributed by atoms with Gasteiger partial charge in [-0.2, -0.15) is 0 Å². The molecule has 2 saturated carbocycles. The van der Waals surface area contributed by atoms with Crippen LogP contribution in [0.3, 0.4) is 0 Å². The van der Waals surface area contributed by atoms with E-state index in [-0.39, 0.29) is 23.9 Å². The van der Waals surface area contributed by atoms with Crippen molar-refractivity contribution in [3.05, 3.63) is 0 Å². The van der Waals surface area contributed by atoms with Gasteiger partial charge in [-0.15, -0.1) is 0 Å². The van der Waals surface area contributed by atoms with Crippen LogP contribution in [0.15, 0.2) is 0 Å². The topological polar surface area (TPSA) is 40.6 Å². The number of rotatable bonds is 2. The van der Waals surface area contributed by atoms with E-state index in [9.17, 15) is 9.59 Å². The van der Waals surface area contributed by atoms with Crippen molar-refractivity contribution in [1.29, 1.82) is 0 Å². The maximum absolute atomic E-state index is 12.8. The summed E-state index contributed by atoms with van der Waals surface area (Å²) >= 11 is 0. The zero-order valence-corrected chi connectivity index (χ0v) is 13.0. The normalized spacial score (nSPS) is 42.6. The fourth-order valence-corrected chi connectivity index (χ4v) is 5.31. The Hall–Kier alpha value is -1.06. The zero-order chi connectivity index (χ0) is 14.6. The third kappa shape index (κ3) is 2.09. The third-order valence-electron chi connectivity index (χ3n) is 6.49. The summed E-state index contributed by atoms with van der Waals surface area (Å²) in [6.45, 7) is 3.54. The molecule has 2 aliphatic carbocycles. The number of nitrogens with zero attached hydrogens (tertiary/aromatic N) is 2. The molecule has 2 amide bonds. The second-order valence-electron chi connectivity index (χ2n) is 7.64. The molecule has 5 atom stereocenters. The highest BCUT2D eigenvalue weighted by molar-refractivity contribution is 5.96. The summed E-state index contributed by atoms with van der Waals surface area (Å²) in [4.78, 5) is 29.2. The van der Waals surface area contributed by atoms with Crippen LogP contribution in [0, 0.1) is 17.8 Å². The van der Waals surface area contributed by atoms with Crippen LogP contribution >= 0.6 is 0 Å². The molecule has 0 aromatic carbocycles. The molecule has 0 spiro atoms. The third-order valence-corrected chi connectivity index (χ3v) is 6.49. The van der Waals surface area contributed by atoms with Gasteiger partial charge >= 0.3 is 0 Å². The maximum Gasteiger partial charge on any atom is 0.246 e. The molecule has 21 heavy (non-hydrogen) atoms. The molecule has 2 saturated heterocycles. The van der Waals surface area contributed by atoms with Crippen molar-refractivity contribution in [1.82, 2.24) is 9.80 Å². The van der Waals surface area contributed by atoms with E-state index < -0.39 is 0 Å². The van der Waals surface area contributed by atoms with E-state index in [1.165, 1.54) is 25.7 Å². The van der Waals surface area contributed by atoms with Crippen LogP contribution in [0.4, 0.5) is 0 Å². The molecule has 4 rings (SSSR count). The number of carbonyl (C=O) groups is 2. The molecule has 0 aromatic heterocycles. The minimum atomic E-state index is -0.244. The number of piperazine rings is 1. The van der Waals surface area contributed by atoms with Crippen LogP contribution in [-0.4, -0.2) is 46.8 Å². The molecular weight excluding hydrogens is 264 g/mol. The second kappa shape index (κ2) is 4.99. The molecule has 0 aromatic rings. The summed E-state index contributed by atoms with van der Waals surface area (Å²) in [7, 11) is 0. The van der Waals surface area contributed by atoms with Crippen molar-refractivity contribution in [2.45, 2.75) is 64.0 Å². The number of amides is 2. The molecule has 4 fully saturated rings. The van der Waals surface area contributed by atoms with Gasteiger partial charge in [0.05, 0.1) is 0 Å². The van der Waals surface area contributed by atoms with Gasteiger partial charge in [0.25, 0.3) is 0 Å². The fraction of sp³-hybridized carbons (Fsp3) is 0.882. The van der Waals surface area contributed by atoms with Gasteiger partial charge in [-0.25, -0.2) is 0 Å². The van der Waals surface area contributed by atoms with Crippen molar-refractivity contribution in [3.63, 3.8) is 0 Å². The quantitative estimate of drug-likeness (QED) is 0.781. The Bertz CT molecular complexity index is 464. The minimum Gasteiger partial charge on any atom is -0.329 e. The van der Waals surface area contributed by atoms with E-state index in [0.29, 0.717) is 5.92 Å². The van der Waals surface area contributed by atoms with Gasteiger partial charge in [-0.3, -0.25) is 9.59 Å². The van der Waals surface area contributed by atoms with E-state index in [2.05, 4.69) is 0 Å². The van der Waals surface area contributed by atoms with Gasteiger partial charge in [0, 0.05) is 13.1 Å². The monoisotopic (exact) mass is 290 g/mol. The fourth-order valence-electron chi connectivity index (χ4n) is 5.31. The summed E-state index contributed by atoms with van der Waals surface area (Å²) in [5.41, 5.74) is 0. The Balaban J connectivity index is 1.51. The lowest BCUT2D eigenvalue weighted by Gasteiger charge is -2.47. The molecule has 5 unspecified atom stereocenters. The highest BCUT2D eigenvalue weighted by Crippen LogP contribution is 2.48. The van der Waals surface area contributed by atoms with Crippen LogP contribution in [0.1, 0.15) is 51.9 Å². The van der Waals surface area contributed by atoms with Crippen LogP contribution in [0.25, 0.3) is 0 Å². The Labute approximate surface area is 126 Å². The van der Waals surface area contributed by atoms with E-state index in [0.717, 1.165) is 44.2 Å². The molecular formula is C17H26N2O2. The molecule has 2 aliphatic heterocycles. The van der Waals surface area contributed by atoms with Crippen molar-refractivity contribution < 1.29 is 9.59 Å². The summed E-state index contributed by atoms with van der Waals surface area (Å²) < 4.78 is 0. The van der Waals surface area contributed by atoms with Gasteiger partial charge in [0.2, 0.25) is 11.8 Å². The van der Waals surface area contributed by atoms with E-state index in [1.807, 2.05) is 16.7 Å². The molecule has 2 heterocycles. The van der Waals surface area contributed by atoms with Gasteiger partial charge < -0.3 is 9.80 Å². The molecule has 4 heteroatoms. The first kappa shape index (κ1) is 13.6. The second-order valence-corrected chi connectivity index (χ2v) is 7.64. The lowest BCUT2D eigenvalue weighted by molar-refractivity contribution is -0.163. The van der Waals surface area contributed by atoms with E-state index in [1.54, 1.807) is 0 Å². The van der Waals surface area contributed by atoms with Gasteiger partial charge in [0.15, 0.2) is 0 Å². The Morgan fingerprint density at radius 3 is 2.62 bits per heavy atom. The lowest BCUT2D eigenvalue weighted by atomic mass is 9.87. The first-order valence-electron chi connectivity index (χ1n) is 8.76. The van der Waals surface area contributed by atoms with Crippen molar-refractivity contribution >= 4 is 11.8 Å². The Morgan fingerprint density at radius 1 is 1.05 bits per heavy atom. The molecule has 116 valence electrons. The standard InChI is InChI=1S/C17H26N2O2/c1-11-16(20)18-7-3-2-4-15(18)17(21)19(11)10-14-9-12-5-6-13(14)8-12/h11-15H,2-10H2,1H3. The van der Waals surface area contributed by atoms with Gasteiger partial charge in [0.1, 0.15) is 12.1 Å². The number of hydrogen-bond acceptors (Lipinski definition) is 2. The molecule has 4 aliphatic rings. The van der Waals surface area contributed by atoms with Crippen LogP contribution < -0.4 is 0 Å². The van der Waals surface area contributed by atoms with E-state index >= 15 is 0 Å². The minimum absolute atomic E-state index is 0.152. The number of fused-ring (bicyclic) bond motifs is 3. The smallest absolute Gasteiger partial charge is 0.246 e. The van der Waals surface area contributed by atoms with Crippen molar-refractivity contribution in [3.8, 4) is 0 Å². The van der Waals surface area contributed by atoms with Crippen LogP contribution in [-0.2, 0) is 9.59 Å². The highest BCUT2D eigenvalue weighted by Gasteiger charge is 2.47. The SMILES string of the molecule is CC1C(=O)N2CCCCC2C(=O)N1CC1CC2CCC1C2. The molecule has 0 radical (unpaired) electrons. The average Bonchev–Trinajstić information content (AvgIpc) is 3.12. The summed E-state index contributed by atoms with van der Waals surface area (Å²) in [5, 5.41) is 0. The number of piperidine rings is 1. The first-order valence-corrected chi connectivity index (χ1v) is 8.76. The van der Waals surface area contributed by atoms with Crippen LogP contribution in [0.2, 0.25) is 0 Å². The van der Waals surface area contributed by atoms with E-state index in [4.69, 9.17) is 0 Å². The molecule has 0 N–H and O–H groups in total. The van der Waals surface area contributed by atoms with Crippen molar-refractivity contribution in [2.24, 2.45) is 17.8 Å². The summed E-state index contributed by atoms with van der Waals surface area (Å²) in [5.74, 6) is 2.77. The summed E-state index contributed by atoms with van der Waals surface area (Å²) in [6.07, 6.45) is 8.37. The number of carbonyl (C=O) groups excluding carboxylic acids is 2. The molecule has 4 nitrogen and oxygen atoms in total. The zero-order valence-electron chi connectivity index (χ0n) is 13.0.